The number of benzene rings is 2. The Hall–Kier alpha value is -3.53. The van der Waals surface area contributed by atoms with Gasteiger partial charge in [-0.1, -0.05) is 12.1 Å². The average Bonchev–Trinajstić information content (AvgIpc) is 3.98. The molecule has 2 spiro atoms. The molecule has 6 aliphatic carbocycles. The fraction of sp³-hybridized carbons (Fsp3) is 0.575. The molecule has 0 unspecified atom stereocenters. The topological polar surface area (TPSA) is 121 Å². The molecule has 10 aliphatic rings. The maximum atomic E-state index is 13.5. The van der Waals surface area contributed by atoms with Crippen molar-refractivity contribution in [1.29, 1.82) is 0 Å². The second kappa shape index (κ2) is 8.16. The molecule has 9 heteroatoms. The molecule has 5 N–H and O–H groups in total. The van der Waals surface area contributed by atoms with Crippen molar-refractivity contribution in [3.63, 3.8) is 0 Å². The number of rotatable bonds is 3. The van der Waals surface area contributed by atoms with Crippen LogP contribution in [0.2, 0.25) is 0 Å². The molecule has 4 aliphatic heterocycles. The Bertz CT molecular complexity index is 2120. The molecule has 9 nitrogen and oxygen atoms in total. The standard InChI is InChI=1S/C40H41N3O6/c44-25-7-5-21-13-27-39(46)15-23-24-16-40(47)28-14-22-6-8-26(45)34-30(22)38(40,10-12-43(28)18-20-3-4-20)36(49-34)32(24)41-31(23)35-37(39,29(21)33(25)48-35)9-11-42(27)17-19-1-2-19/h5-8,17,19-20,27-28,35-36,41,46-47H,1-4,9-16,18H2,(H-,44,45)/p+1/t27-,28-,35+,36+,37+,38+,39-,40-/m1/s1. The van der Waals surface area contributed by atoms with Crippen molar-refractivity contribution < 1.29 is 34.5 Å². The molecule has 5 heterocycles. The molecule has 0 amide bonds. The maximum absolute atomic E-state index is 13.5. The molecule has 0 radical (unpaired) electrons. The molecule has 13 rings (SSSR count). The number of nitrogens with one attached hydrogen (secondary N) is 1. The average molecular weight is 661 g/mol. The minimum atomic E-state index is -1.13. The van der Waals surface area contributed by atoms with E-state index in [1.165, 1.54) is 36.8 Å². The number of ether oxygens (including phenoxy) is 2. The number of aliphatic hydroxyl groups is 2. The lowest BCUT2D eigenvalue weighted by Crippen LogP contribution is -2.74. The lowest BCUT2D eigenvalue weighted by molar-refractivity contribution is -0.607. The fourth-order valence-corrected chi connectivity index (χ4v) is 13.1. The summed E-state index contributed by atoms with van der Waals surface area (Å²) in [6, 6.07) is 7.47. The first-order valence-corrected chi connectivity index (χ1v) is 18.8. The molecule has 2 saturated heterocycles. The minimum absolute atomic E-state index is 0.0585. The van der Waals surface area contributed by atoms with Gasteiger partial charge in [0.2, 0.25) is 0 Å². The number of hydrogen-bond donors (Lipinski definition) is 5. The number of phenolic OH excluding ortho intramolecular Hbond substituents is 2. The van der Waals surface area contributed by atoms with Gasteiger partial charge in [-0.25, -0.2) is 4.58 Å². The van der Waals surface area contributed by atoms with Crippen LogP contribution in [0, 0.1) is 11.8 Å². The van der Waals surface area contributed by atoms with Gasteiger partial charge in [0.05, 0.1) is 27.8 Å². The third-order valence-electron chi connectivity index (χ3n) is 15.5. The first kappa shape index (κ1) is 27.2. The number of piperidine rings is 2. The van der Waals surface area contributed by atoms with E-state index in [1.54, 1.807) is 12.1 Å². The molecule has 3 aromatic rings. The normalized spacial score (nSPS) is 41.8. The number of aromatic amines is 1. The molecule has 252 valence electrons. The predicted octanol–water partition coefficient (Wildman–Crippen LogP) is 3.61. The quantitative estimate of drug-likeness (QED) is 0.273. The largest absolute Gasteiger partial charge is 0.504 e. The SMILES string of the molecule is Oc1ccc2c3c1O[C@H]1c4[nH]c5c(c4C[C@@]4(O)[C@@H](C2)N(CC2CC2)CC[C@]314)C[C@@]1(O)[C@H]2Cc3ccc(O)c4c3[C@@]1(CC[N+]2=CC1CC1)[C@H]5O4. The summed E-state index contributed by atoms with van der Waals surface area (Å²) in [4.78, 5) is 6.47. The van der Waals surface area contributed by atoms with E-state index in [-0.39, 0.29) is 23.6 Å². The van der Waals surface area contributed by atoms with Gasteiger partial charge in [-0.2, -0.15) is 0 Å². The zero-order chi connectivity index (χ0) is 32.4. The highest BCUT2D eigenvalue weighted by Crippen LogP contribution is 2.72. The first-order valence-electron chi connectivity index (χ1n) is 18.8. The summed E-state index contributed by atoms with van der Waals surface area (Å²) in [7, 11) is 0. The highest BCUT2D eigenvalue weighted by Gasteiger charge is 2.77. The van der Waals surface area contributed by atoms with E-state index in [9.17, 15) is 20.4 Å². The number of phenols is 2. The third-order valence-corrected chi connectivity index (χ3v) is 15.5. The van der Waals surface area contributed by atoms with E-state index >= 15 is 0 Å². The Kier molecular flexibility index (Phi) is 4.53. The number of aromatic hydroxyl groups is 2. The lowest BCUT2D eigenvalue weighted by Gasteiger charge is -2.63. The van der Waals surface area contributed by atoms with Crippen LogP contribution in [0.5, 0.6) is 23.0 Å². The Morgan fingerprint density at radius 3 is 2.10 bits per heavy atom. The second-order valence-corrected chi connectivity index (χ2v) is 17.5. The highest BCUT2D eigenvalue weighted by molar-refractivity contribution is 5.69. The van der Waals surface area contributed by atoms with Crippen LogP contribution in [0.25, 0.3) is 0 Å². The van der Waals surface area contributed by atoms with Crippen molar-refractivity contribution in [2.75, 3.05) is 19.6 Å². The number of hydrogen-bond acceptors (Lipinski definition) is 7. The van der Waals surface area contributed by atoms with E-state index in [4.69, 9.17) is 9.47 Å². The molecule has 2 aromatic carbocycles. The van der Waals surface area contributed by atoms with Crippen LogP contribution in [-0.4, -0.2) is 84.0 Å². The zero-order valence-corrected chi connectivity index (χ0v) is 27.5. The Morgan fingerprint density at radius 2 is 1.45 bits per heavy atom. The van der Waals surface area contributed by atoms with Crippen molar-refractivity contribution in [3.8, 4) is 23.0 Å². The Labute approximate surface area is 284 Å². The van der Waals surface area contributed by atoms with E-state index in [0.717, 1.165) is 72.5 Å². The molecule has 2 saturated carbocycles. The van der Waals surface area contributed by atoms with Gasteiger partial charge in [0.15, 0.2) is 41.2 Å². The van der Waals surface area contributed by atoms with Crippen LogP contribution in [0.4, 0.5) is 0 Å². The summed E-state index contributed by atoms with van der Waals surface area (Å²) < 4.78 is 16.3. The van der Waals surface area contributed by atoms with Crippen LogP contribution in [-0.2, 0) is 36.5 Å². The molecular weight excluding hydrogens is 618 g/mol. The van der Waals surface area contributed by atoms with Crippen LogP contribution >= 0.6 is 0 Å². The number of likely N-dealkylation sites (tertiary alicyclic amines) is 1. The van der Waals surface area contributed by atoms with Gasteiger partial charge in [0.1, 0.15) is 18.4 Å². The molecule has 1 aromatic heterocycles. The summed E-state index contributed by atoms with van der Waals surface area (Å²) in [5, 5.41) is 49.4. The van der Waals surface area contributed by atoms with Crippen LogP contribution in [0.3, 0.4) is 0 Å². The predicted molar refractivity (Wildman–Crippen MR) is 177 cm³/mol. The summed E-state index contributed by atoms with van der Waals surface area (Å²) in [6.07, 6.45) is 10.2. The smallest absolute Gasteiger partial charge is 0.186 e. The van der Waals surface area contributed by atoms with Gasteiger partial charge in [0.25, 0.3) is 0 Å². The third kappa shape index (κ3) is 2.83. The summed E-state index contributed by atoms with van der Waals surface area (Å²) in [5.74, 6) is 2.62. The molecule has 8 atom stereocenters. The van der Waals surface area contributed by atoms with Gasteiger partial charge < -0.3 is 34.9 Å². The fourth-order valence-electron chi connectivity index (χ4n) is 13.1. The van der Waals surface area contributed by atoms with E-state index in [2.05, 4.69) is 26.7 Å². The molecular formula is C40H42N3O6+. The highest BCUT2D eigenvalue weighted by atomic mass is 16.5. The van der Waals surface area contributed by atoms with E-state index in [0.29, 0.717) is 42.6 Å². The lowest BCUT2D eigenvalue weighted by atomic mass is 9.47. The van der Waals surface area contributed by atoms with E-state index in [1.807, 2.05) is 6.07 Å². The van der Waals surface area contributed by atoms with Crippen molar-refractivity contribution >= 4 is 6.21 Å². The summed E-state index contributed by atoms with van der Waals surface area (Å²) in [6.45, 7) is 2.76. The number of nitrogens with zero attached hydrogens (tertiary/aromatic N) is 2. The number of fused-ring (bicyclic) bond motifs is 5. The van der Waals surface area contributed by atoms with Crippen LogP contribution < -0.4 is 9.47 Å². The molecule has 4 fully saturated rings. The minimum Gasteiger partial charge on any atom is -0.504 e. The molecule has 4 bridgehead atoms. The summed E-state index contributed by atoms with van der Waals surface area (Å²) in [5.41, 5.74) is 4.78. The Balaban J connectivity index is 1.04. The van der Waals surface area contributed by atoms with Gasteiger partial charge in [-0.15, -0.1) is 0 Å². The van der Waals surface area contributed by atoms with Crippen LogP contribution in [0.15, 0.2) is 24.3 Å². The zero-order valence-electron chi connectivity index (χ0n) is 27.5. The van der Waals surface area contributed by atoms with Crippen molar-refractivity contribution in [1.82, 2.24) is 9.88 Å². The van der Waals surface area contributed by atoms with E-state index < -0.39 is 34.2 Å². The van der Waals surface area contributed by atoms with Crippen molar-refractivity contribution in [2.24, 2.45) is 11.8 Å². The molecule has 49 heavy (non-hydrogen) atoms. The van der Waals surface area contributed by atoms with Gasteiger partial charge in [-0.3, -0.25) is 4.90 Å². The van der Waals surface area contributed by atoms with Gasteiger partial charge >= 0.3 is 0 Å². The summed E-state index contributed by atoms with van der Waals surface area (Å²) >= 11 is 0. The van der Waals surface area contributed by atoms with Crippen molar-refractivity contribution in [2.45, 2.75) is 111 Å². The van der Waals surface area contributed by atoms with Gasteiger partial charge in [-0.05, 0) is 85.4 Å². The maximum Gasteiger partial charge on any atom is 0.186 e. The van der Waals surface area contributed by atoms with Gasteiger partial charge in [0, 0.05) is 55.3 Å². The van der Waals surface area contributed by atoms with Crippen LogP contribution in [0.1, 0.15) is 95.5 Å². The monoisotopic (exact) mass is 660 g/mol. The second-order valence-electron chi connectivity index (χ2n) is 17.5. The Morgan fingerprint density at radius 1 is 0.816 bits per heavy atom. The first-order chi connectivity index (χ1) is 23.7. The number of aromatic nitrogens is 1. The van der Waals surface area contributed by atoms with Crippen molar-refractivity contribution in [3.05, 3.63) is 69.0 Å². The number of H-pyrrole nitrogens is 1.